The van der Waals surface area contributed by atoms with E-state index in [4.69, 9.17) is 27.9 Å². The topological polar surface area (TPSA) is 75.7 Å². The second kappa shape index (κ2) is 10.2. The summed E-state index contributed by atoms with van der Waals surface area (Å²) in [6, 6.07) is 12.9. The summed E-state index contributed by atoms with van der Waals surface area (Å²) in [6.45, 7) is 1.73. The van der Waals surface area contributed by atoms with E-state index in [2.05, 4.69) is 5.32 Å². The smallest absolute Gasteiger partial charge is 0.245 e. The lowest BCUT2D eigenvalue weighted by atomic mass is 10.2. The van der Waals surface area contributed by atoms with Gasteiger partial charge in [0.25, 0.3) is 0 Å². The molecule has 0 fully saturated rings. The summed E-state index contributed by atoms with van der Waals surface area (Å²) >= 11 is 12.1. The number of nitrogens with zero attached hydrogens (tertiary/aromatic N) is 1. The number of hydrogen-bond donors (Lipinski definition) is 1. The number of halogens is 2. The maximum atomic E-state index is 13.2. The van der Waals surface area contributed by atoms with Crippen LogP contribution in [0.15, 0.2) is 53.4 Å². The number of sulfonamides is 1. The number of nitrogens with one attached hydrogen (secondary N) is 1. The van der Waals surface area contributed by atoms with Crippen LogP contribution in [-0.4, -0.2) is 44.9 Å². The van der Waals surface area contributed by atoms with E-state index < -0.39 is 15.9 Å². The van der Waals surface area contributed by atoms with Crippen molar-refractivity contribution in [3.63, 3.8) is 0 Å². The molecule has 1 amide bonds. The van der Waals surface area contributed by atoms with Crippen LogP contribution in [0.5, 0.6) is 0 Å². The molecule has 9 heteroatoms. The maximum absolute atomic E-state index is 13.2. The number of carbonyl (C=O) groups is 1. The number of methoxy groups -OCH3 is 1. The van der Waals surface area contributed by atoms with E-state index in [1.807, 2.05) is 6.07 Å². The second-order valence-corrected chi connectivity index (χ2v) is 9.01. The van der Waals surface area contributed by atoms with Gasteiger partial charge in [0.15, 0.2) is 0 Å². The van der Waals surface area contributed by atoms with Crippen molar-refractivity contribution < 1.29 is 17.9 Å². The van der Waals surface area contributed by atoms with Crippen LogP contribution in [0.3, 0.4) is 0 Å². The number of carbonyl (C=O) groups excluding carboxylic acids is 1. The van der Waals surface area contributed by atoms with E-state index >= 15 is 0 Å². The summed E-state index contributed by atoms with van der Waals surface area (Å²) in [7, 11) is -2.55. The molecule has 28 heavy (non-hydrogen) atoms. The molecule has 0 saturated carbocycles. The third-order valence-corrected chi connectivity index (χ3v) is 6.37. The zero-order valence-electron chi connectivity index (χ0n) is 15.6. The van der Waals surface area contributed by atoms with Crippen molar-refractivity contribution >= 4 is 39.1 Å². The fraction of sp³-hybridized carbons (Fsp3) is 0.316. The van der Waals surface area contributed by atoms with E-state index in [0.29, 0.717) is 6.61 Å². The van der Waals surface area contributed by atoms with Crippen LogP contribution in [0.4, 0.5) is 0 Å². The lowest BCUT2D eigenvalue weighted by Crippen LogP contribution is -2.44. The zero-order valence-corrected chi connectivity index (χ0v) is 17.9. The zero-order chi connectivity index (χ0) is 20.7. The Balaban J connectivity index is 2.34. The molecule has 0 spiro atoms. The predicted molar refractivity (Wildman–Crippen MR) is 110 cm³/mol. The van der Waals surface area contributed by atoms with E-state index in [1.54, 1.807) is 31.2 Å². The minimum Gasteiger partial charge on any atom is -0.383 e. The molecule has 0 aliphatic rings. The van der Waals surface area contributed by atoms with Gasteiger partial charge >= 0.3 is 0 Å². The number of rotatable bonds is 9. The van der Waals surface area contributed by atoms with Crippen molar-refractivity contribution in [2.45, 2.75) is 24.4 Å². The van der Waals surface area contributed by atoms with Crippen LogP contribution < -0.4 is 5.32 Å². The maximum Gasteiger partial charge on any atom is 0.245 e. The van der Waals surface area contributed by atoms with Gasteiger partial charge in [0.05, 0.1) is 18.2 Å². The highest BCUT2D eigenvalue weighted by Crippen LogP contribution is 2.28. The molecule has 6 nitrogen and oxygen atoms in total. The molecule has 0 bridgehead atoms. The fourth-order valence-electron chi connectivity index (χ4n) is 2.60. The molecule has 2 rings (SSSR count). The quantitative estimate of drug-likeness (QED) is 0.643. The molecule has 1 N–H and O–H groups in total. The SMILES string of the molecule is COC[C@H](C)NC(=O)CN(Cc1ccccc1)S(=O)(=O)c1cc(Cl)ccc1Cl. The van der Waals surface area contributed by atoms with Gasteiger partial charge in [0.2, 0.25) is 15.9 Å². The number of benzene rings is 2. The minimum atomic E-state index is -4.07. The predicted octanol–water partition coefficient (Wildman–Crippen LogP) is 3.34. The van der Waals surface area contributed by atoms with E-state index in [-0.39, 0.29) is 34.1 Å². The average molecular weight is 445 g/mol. The third-order valence-electron chi connectivity index (χ3n) is 3.86. The molecule has 1 atom stereocenters. The van der Waals surface area contributed by atoms with Gasteiger partial charge in [-0.3, -0.25) is 4.79 Å². The van der Waals surface area contributed by atoms with Crippen molar-refractivity contribution in [3.05, 3.63) is 64.1 Å². The van der Waals surface area contributed by atoms with Crippen LogP contribution in [0, 0.1) is 0 Å². The van der Waals surface area contributed by atoms with Crippen LogP contribution in [0.1, 0.15) is 12.5 Å². The Hall–Kier alpha value is -1.64. The lowest BCUT2D eigenvalue weighted by Gasteiger charge is -2.23. The van der Waals surface area contributed by atoms with Crippen molar-refractivity contribution in [1.29, 1.82) is 0 Å². The van der Waals surface area contributed by atoms with Gasteiger partial charge in [-0.05, 0) is 30.7 Å². The van der Waals surface area contributed by atoms with Gasteiger partial charge in [0.1, 0.15) is 4.90 Å². The Morgan fingerprint density at radius 1 is 1.18 bits per heavy atom. The van der Waals surface area contributed by atoms with Crippen LogP contribution >= 0.6 is 23.2 Å². The fourth-order valence-corrected chi connectivity index (χ4v) is 4.72. The first-order valence-corrected chi connectivity index (χ1v) is 10.7. The molecule has 2 aromatic rings. The number of amides is 1. The first-order chi connectivity index (χ1) is 13.2. The lowest BCUT2D eigenvalue weighted by molar-refractivity contribution is -0.122. The summed E-state index contributed by atoms with van der Waals surface area (Å²) < 4.78 is 32.5. The first-order valence-electron chi connectivity index (χ1n) is 8.51. The van der Waals surface area contributed by atoms with Crippen molar-refractivity contribution in [2.24, 2.45) is 0 Å². The largest absolute Gasteiger partial charge is 0.383 e. The standard InChI is InChI=1S/C19H22Cl2N2O4S/c1-14(13-27-2)22-19(24)12-23(11-15-6-4-3-5-7-15)28(25,26)18-10-16(20)8-9-17(18)21/h3-10,14H,11-13H2,1-2H3,(H,22,24)/t14-/m0/s1. The molecule has 0 aliphatic carbocycles. The molecule has 0 saturated heterocycles. The molecular weight excluding hydrogens is 423 g/mol. The molecule has 0 aliphatic heterocycles. The molecule has 0 unspecified atom stereocenters. The van der Waals surface area contributed by atoms with E-state index in [1.165, 1.54) is 25.3 Å². The van der Waals surface area contributed by atoms with Crippen LogP contribution in [0.2, 0.25) is 10.0 Å². The molecule has 0 heterocycles. The van der Waals surface area contributed by atoms with Gasteiger partial charge in [-0.1, -0.05) is 53.5 Å². The highest BCUT2D eigenvalue weighted by molar-refractivity contribution is 7.89. The Morgan fingerprint density at radius 2 is 1.86 bits per heavy atom. The van der Waals surface area contributed by atoms with Gasteiger partial charge in [-0.15, -0.1) is 0 Å². The summed E-state index contributed by atoms with van der Waals surface area (Å²) in [5, 5.41) is 2.99. The van der Waals surface area contributed by atoms with Gasteiger partial charge in [-0.2, -0.15) is 4.31 Å². The summed E-state index contributed by atoms with van der Waals surface area (Å²) in [6.07, 6.45) is 0. The van der Waals surface area contributed by atoms with Gasteiger partial charge in [-0.25, -0.2) is 8.42 Å². The first kappa shape index (κ1) is 22.6. The summed E-state index contributed by atoms with van der Waals surface area (Å²) in [5.41, 5.74) is 0.738. The number of ether oxygens (including phenoxy) is 1. The van der Waals surface area contributed by atoms with Crippen molar-refractivity contribution in [3.8, 4) is 0 Å². The van der Waals surface area contributed by atoms with Crippen LogP contribution in [-0.2, 0) is 26.1 Å². The highest BCUT2D eigenvalue weighted by atomic mass is 35.5. The minimum absolute atomic E-state index is 0.0120. The summed E-state index contributed by atoms with van der Waals surface area (Å²) in [5.74, 6) is -0.442. The van der Waals surface area contributed by atoms with E-state index in [9.17, 15) is 13.2 Å². The van der Waals surface area contributed by atoms with Gasteiger partial charge < -0.3 is 10.1 Å². The summed E-state index contributed by atoms with van der Waals surface area (Å²) in [4.78, 5) is 12.3. The third kappa shape index (κ3) is 6.18. The van der Waals surface area contributed by atoms with Crippen molar-refractivity contribution in [2.75, 3.05) is 20.3 Å². The molecule has 2 aromatic carbocycles. The van der Waals surface area contributed by atoms with Crippen LogP contribution in [0.25, 0.3) is 0 Å². The number of hydrogen-bond acceptors (Lipinski definition) is 4. The normalized spacial score (nSPS) is 12.8. The average Bonchev–Trinajstić information content (AvgIpc) is 2.64. The Morgan fingerprint density at radius 3 is 2.50 bits per heavy atom. The Labute approximate surface area is 175 Å². The Bertz CT molecular complexity index is 907. The van der Waals surface area contributed by atoms with Gasteiger partial charge in [0, 0.05) is 24.7 Å². The molecular formula is C19H22Cl2N2O4S. The molecule has 0 aromatic heterocycles. The van der Waals surface area contributed by atoms with E-state index in [0.717, 1.165) is 9.87 Å². The molecule has 0 radical (unpaired) electrons. The highest BCUT2D eigenvalue weighted by Gasteiger charge is 2.29. The van der Waals surface area contributed by atoms with Crippen molar-refractivity contribution in [1.82, 2.24) is 9.62 Å². The second-order valence-electron chi connectivity index (χ2n) is 6.26. The molecule has 152 valence electrons. The monoisotopic (exact) mass is 444 g/mol. The Kier molecular flexibility index (Phi) is 8.27.